The number of hydrogen-bond acceptors (Lipinski definition) is 4. The second kappa shape index (κ2) is 7.23. The van der Waals surface area contributed by atoms with Crippen LogP contribution in [0.1, 0.15) is 30.7 Å². The van der Waals surface area contributed by atoms with Gasteiger partial charge in [-0.05, 0) is 30.0 Å². The zero-order valence-corrected chi connectivity index (χ0v) is 14.7. The summed E-state index contributed by atoms with van der Waals surface area (Å²) in [7, 11) is 0. The van der Waals surface area contributed by atoms with E-state index in [1.165, 1.54) is 4.57 Å². The Kier molecular flexibility index (Phi) is 5.06. The van der Waals surface area contributed by atoms with E-state index in [4.69, 9.17) is 16.0 Å². The quantitative estimate of drug-likeness (QED) is 0.719. The molecule has 1 unspecified atom stereocenters. The van der Waals surface area contributed by atoms with Gasteiger partial charge in [0, 0.05) is 16.0 Å². The molecule has 0 radical (unpaired) electrons. The van der Waals surface area contributed by atoms with Gasteiger partial charge in [0.2, 0.25) is 5.91 Å². The van der Waals surface area contributed by atoms with Crippen LogP contribution in [-0.4, -0.2) is 10.5 Å². The van der Waals surface area contributed by atoms with Gasteiger partial charge in [0.25, 0.3) is 0 Å². The number of nitrogens with zero attached hydrogens (tertiary/aromatic N) is 1. The third-order valence-electron chi connectivity index (χ3n) is 3.73. The van der Waals surface area contributed by atoms with Crippen LogP contribution in [0, 0.1) is 0 Å². The second-order valence-electron chi connectivity index (χ2n) is 5.49. The van der Waals surface area contributed by atoms with Gasteiger partial charge >= 0.3 is 5.76 Å². The lowest BCUT2D eigenvalue weighted by molar-refractivity contribution is -0.122. The fraction of sp³-hybridized carbons (Fsp3) is 0.294. The Morgan fingerprint density at radius 2 is 2.25 bits per heavy atom. The van der Waals surface area contributed by atoms with Crippen molar-refractivity contribution in [3.63, 3.8) is 0 Å². The van der Waals surface area contributed by atoms with Crippen molar-refractivity contribution < 1.29 is 9.21 Å². The molecule has 1 amide bonds. The van der Waals surface area contributed by atoms with Gasteiger partial charge < -0.3 is 9.73 Å². The first-order valence-corrected chi connectivity index (χ1v) is 8.96. The summed E-state index contributed by atoms with van der Waals surface area (Å²) in [5.41, 5.74) is 0.936. The number of oxazole rings is 1. The molecule has 7 heteroatoms. The first-order valence-electron chi connectivity index (χ1n) is 7.70. The highest BCUT2D eigenvalue weighted by Gasteiger charge is 2.17. The smallest absolute Gasteiger partial charge is 0.408 e. The number of fused-ring (bicyclic) bond motifs is 1. The molecular formula is C17H17ClN2O3S. The fourth-order valence-electron chi connectivity index (χ4n) is 2.64. The van der Waals surface area contributed by atoms with E-state index in [1.807, 2.05) is 17.5 Å². The average Bonchev–Trinajstić information content (AvgIpc) is 3.16. The number of aromatic nitrogens is 1. The van der Waals surface area contributed by atoms with E-state index in [9.17, 15) is 9.59 Å². The number of nitrogens with one attached hydrogen (secondary N) is 1. The molecule has 0 saturated carbocycles. The number of thiophene rings is 1. The lowest BCUT2D eigenvalue weighted by atomic mass is 10.1. The third-order valence-corrected chi connectivity index (χ3v) is 4.95. The maximum Gasteiger partial charge on any atom is 0.420 e. The molecule has 3 aromatic rings. The Hall–Kier alpha value is -2.05. The topological polar surface area (TPSA) is 64.2 Å². The molecule has 1 aromatic carbocycles. The molecule has 5 nitrogen and oxygen atoms in total. The van der Waals surface area contributed by atoms with Crippen molar-refractivity contribution in [1.82, 2.24) is 9.88 Å². The largest absolute Gasteiger partial charge is 0.420 e. The zero-order valence-electron chi connectivity index (χ0n) is 13.1. The molecule has 0 aliphatic carbocycles. The molecule has 0 fully saturated rings. The summed E-state index contributed by atoms with van der Waals surface area (Å²) in [6.07, 6.45) is 1.80. The Labute approximate surface area is 147 Å². The highest BCUT2D eigenvalue weighted by atomic mass is 35.5. The van der Waals surface area contributed by atoms with E-state index < -0.39 is 5.76 Å². The van der Waals surface area contributed by atoms with Crippen molar-refractivity contribution in [2.24, 2.45) is 0 Å². The standard InChI is InChI=1S/C17H17ClN2O3S/c1-2-4-12(15-5-3-8-24-15)19-16(21)10-20-13-7-6-11(18)9-14(13)23-17(20)22/h3,5-9,12H,2,4,10H2,1H3,(H,19,21). The van der Waals surface area contributed by atoms with Crippen LogP contribution >= 0.6 is 22.9 Å². The van der Waals surface area contributed by atoms with Crippen LogP contribution in [0.3, 0.4) is 0 Å². The van der Waals surface area contributed by atoms with Gasteiger partial charge in [-0.1, -0.05) is 31.0 Å². The van der Waals surface area contributed by atoms with E-state index in [-0.39, 0.29) is 18.5 Å². The maximum absolute atomic E-state index is 12.4. The molecular weight excluding hydrogens is 348 g/mol. The molecule has 2 heterocycles. The van der Waals surface area contributed by atoms with E-state index in [1.54, 1.807) is 29.5 Å². The molecule has 24 heavy (non-hydrogen) atoms. The van der Waals surface area contributed by atoms with Crippen LogP contribution in [0.2, 0.25) is 5.02 Å². The number of hydrogen-bond donors (Lipinski definition) is 1. The van der Waals surface area contributed by atoms with Crippen molar-refractivity contribution in [1.29, 1.82) is 0 Å². The van der Waals surface area contributed by atoms with E-state index >= 15 is 0 Å². The Bertz CT molecular complexity index is 898. The summed E-state index contributed by atoms with van der Waals surface area (Å²) >= 11 is 7.51. The molecule has 0 bridgehead atoms. The van der Waals surface area contributed by atoms with Crippen LogP contribution in [0.4, 0.5) is 0 Å². The Morgan fingerprint density at radius 3 is 2.96 bits per heavy atom. The molecule has 0 saturated heterocycles. The van der Waals surface area contributed by atoms with Gasteiger partial charge in [-0.2, -0.15) is 0 Å². The van der Waals surface area contributed by atoms with Crippen LogP contribution in [-0.2, 0) is 11.3 Å². The number of benzene rings is 1. The molecule has 2 aromatic heterocycles. The minimum Gasteiger partial charge on any atom is -0.408 e. The van der Waals surface area contributed by atoms with Crippen LogP contribution in [0.15, 0.2) is 44.9 Å². The SMILES string of the molecule is CCCC(NC(=O)Cn1c(=O)oc2cc(Cl)ccc21)c1cccs1. The van der Waals surface area contributed by atoms with E-state index in [0.29, 0.717) is 16.1 Å². The third kappa shape index (κ3) is 3.55. The summed E-state index contributed by atoms with van der Waals surface area (Å²) in [4.78, 5) is 25.5. The summed E-state index contributed by atoms with van der Waals surface area (Å²) in [5.74, 6) is -0.785. The molecule has 1 atom stereocenters. The van der Waals surface area contributed by atoms with Gasteiger partial charge in [-0.25, -0.2) is 4.79 Å². The normalized spacial score (nSPS) is 12.4. The molecule has 0 aliphatic heterocycles. The molecule has 0 spiro atoms. The van der Waals surface area contributed by atoms with E-state index in [0.717, 1.165) is 17.7 Å². The van der Waals surface area contributed by atoms with Gasteiger partial charge in [0.05, 0.1) is 11.6 Å². The Morgan fingerprint density at radius 1 is 1.42 bits per heavy atom. The molecule has 1 N–H and O–H groups in total. The summed E-state index contributed by atoms with van der Waals surface area (Å²) in [6.45, 7) is 1.99. The molecule has 3 rings (SSSR count). The van der Waals surface area contributed by atoms with Crippen molar-refractivity contribution in [3.05, 3.63) is 56.2 Å². The second-order valence-corrected chi connectivity index (χ2v) is 6.91. The van der Waals surface area contributed by atoms with Crippen molar-refractivity contribution in [3.8, 4) is 0 Å². The number of rotatable bonds is 6. The van der Waals surface area contributed by atoms with Crippen molar-refractivity contribution in [2.45, 2.75) is 32.4 Å². The predicted octanol–water partition coefficient (Wildman–Crippen LogP) is 3.97. The minimum atomic E-state index is -0.564. The predicted molar refractivity (Wildman–Crippen MR) is 95.6 cm³/mol. The Balaban J connectivity index is 1.79. The summed E-state index contributed by atoms with van der Waals surface area (Å²) in [5, 5.41) is 5.47. The maximum atomic E-state index is 12.4. The van der Waals surface area contributed by atoms with Crippen molar-refractivity contribution >= 4 is 39.9 Å². The van der Waals surface area contributed by atoms with Crippen LogP contribution in [0.25, 0.3) is 11.1 Å². The van der Waals surface area contributed by atoms with Gasteiger partial charge in [0.1, 0.15) is 6.54 Å². The monoisotopic (exact) mass is 364 g/mol. The number of halogens is 1. The van der Waals surface area contributed by atoms with E-state index in [2.05, 4.69) is 12.2 Å². The highest BCUT2D eigenvalue weighted by molar-refractivity contribution is 7.10. The number of amides is 1. The van der Waals surface area contributed by atoms with Crippen molar-refractivity contribution in [2.75, 3.05) is 0 Å². The first-order chi connectivity index (χ1) is 11.6. The number of carbonyl (C=O) groups is 1. The van der Waals surface area contributed by atoms with Crippen LogP contribution in [0.5, 0.6) is 0 Å². The lowest BCUT2D eigenvalue weighted by Gasteiger charge is -2.16. The lowest BCUT2D eigenvalue weighted by Crippen LogP contribution is -2.33. The zero-order chi connectivity index (χ0) is 17.1. The first kappa shape index (κ1) is 16.8. The summed E-state index contributed by atoms with van der Waals surface area (Å²) in [6, 6.07) is 8.85. The minimum absolute atomic E-state index is 0.0363. The molecule has 126 valence electrons. The fourth-order valence-corrected chi connectivity index (χ4v) is 3.61. The number of carbonyl (C=O) groups excluding carboxylic acids is 1. The van der Waals surface area contributed by atoms with Crippen LogP contribution < -0.4 is 11.1 Å². The van der Waals surface area contributed by atoms with Gasteiger partial charge in [-0.3, -0.25) is 9.36 Å². The summed E-state index contributed by atoms with van der Waals surface area (Å²) < 4.78 is 6.47. The van der Waals surface area contributed by atoms with Gasteiger partial charge in [0.15, 0.2) is 5.58 Å². The molecule has 0 aliphatic rings. The van der Waals surface area contributed by atoms with Gasteiger partial charge in [-0.15, -0.1) is 11.3 Å². The average molecular weight is 365 g/mol. The highest BCUT2D eigenvalue weighted by Crippen LogP contribution is 2.23.